The van der Waals surface area contributed by atoms with E-state index in [4.69, 9.17) is 0 Å². The first-order valence-electron chi connectivity index (χ1n) is 6.34. The Bertz CT molecular complexity index is 535. The second kappa shape index (κ2) is 6.12. The first-order valence-corrected chi connectivity index (χ1v) is 6.34. The standard InChI is InChI=1S/C12H19N7/c1-4-5-13-11-9(2)12(16-7-15-11)14-6-10-17-8-19(3)18-10/h7-8H,4-6H2,1-3H3,(H2,13,14,15,16). The van der Waals surface area contributed by atoms with Crippen LogP contribution in [0.15, 0.2) is 12.7 Å². The predicted molar refractivity (Wildman–Crippen MR) is 73.9 cm³/mol. The molecular weight excluding hydrogens is 242 g/mol. The van der Waals surface area contributed by atoms with Gasteiger partial charge in [0.15, 0.2) is 5.82 Å². The van der Waals surface area contributed by atoms with Gasteiger partial charge in [-0.25, -0.2) is 15.0 Å². The molecule has 0 aliphatic carbocycles. The van der Waals surface area contributed by atoms with Crippen molar-refractivity contribution in [2.75, 3.05) is 17.2 Å². The summed E-state index contributed by atoms with van der Waals surface area (Å²) in [5, 5.41) is 10.7. The Morgan fingerprint density at radius 3 is 2.53 bits per heavy atom. The molecule has 0 aliphatic heterocycles. The minimum absolute atomic E-state index is 0.548. The Morgan fingerprint density at radius 2 is 1.89 bits per heavy atom. The highest BCUT2D eigenvalue weighted by Crippen LogP contribution is 2.18. The molecule has 0 bridgehead atoms. The lowest BCUT2D eigenvalue weighted by Crippen LogP contribution is -2.09. The maximum absolute atomic E-state index is 4.24. The maximum Gasteiger partial charge on any atom is 0.169 e. The molecule has 0 saturated heterocycles. The molecule has 0 unspecified atom stereocenters. The minimum Gasteiger partial charge on any atom is -0.370 e. The van der Waals surface area contributed by atoms with Gasteiger partial charge in [-0.05, 0) is 13.3 Å². The van der Waals surface area contributed by atoms with Crippen LogP contribution in [-0.4, -0.2) is 31.3 Å². The summed E-state index contributed by atoms with van der Waals surface area (Å²) in [6.45, 7) is 5.56. The van der Waals surface area contributed by atoms with Crippen LogP contribution in [0.3, 0.4) is 0 Å². The number of aryl methyl sites for hydroxylation is 1. The van der Waals surface area contributed by atoms with Gasteiger partial charge in [-0.3, -0.25) is 4.68 Å². The molecule has 19 heavy (non-hydrogen) atoms. The Labute approximate surface area is 112 Å². The fraction of sp³-hybridized carbons (Fsp3) is 0.500. The molecule has 0 atom stereocenters. The minimum atomic E-state index is 0.548. The van der Waals surface area contributed by atoms with Crippen LogP contribution in [0.4, 0.5) is 11.6 Å². The molecule has 0 saturated carbocycles. The van der Waals surface area contributed by atoms with Crippen molar-refractivity contribution in [3.05, 3.63) is 24.0 Å². The number of aromatic nitrogens is 5. The maximum atomic E-state index is 4.24. The normalized spacial score (nSPS) is 10.5. The summed E-state index contributed by atoms with van der Waals surface area (Å²) in [4.78, 5) is 12.6. The van der Waals surface area contributed by atoms with Crippen molar-refractivity contribution in [1.29, 1.82) is 0 Å². The van der Waals surface area contributed by atoms with E-state index >= 15 is 0 Å². The van der Waals surface area contributed by atoms with Gasteiger partial charge in [0.05, 0.1) is 6.54 Å². The number of nitrogens with one attached hydrogen (secondary N) is 2. The van der Waals surface area contributed by atoms with E-state index in [2.05, 4.69) is 37.6 Å². The lowest BCUT2D eigenvalue weighted by Gasteiger charge is -2.11. The SMILES string of the molecule is CCCNc1ncnc(NCc2ncn(C)n2)c1C. The van der Waals surface area contributed by atoms with E-state index in [-0.39, 0.29) is 0 Å². The zero-order valence-corrected chi connectivity index (χ0v) is 11.5. The fourth-order valence-corrected chi connectivity index (χ4v) is 1.68. The summed E-state index contributed by atoms with van der Waals surface area (Å²) in [6, 6.07) is 0. The van der Waals surface area contributed by atoms with Gasteiger partial charge in [-0.1, -0.05) is 6.92 Å². The van der Waals surface area contributed by atoms with E-state index in [1.807, 2.05) is 14.0 Å². The third-order valence-electron chi connectivity index (χ3n) is 2.69. The number of hydrogen-bond acceptors (Lipinski definition) is 6. The van der Waals surface area contributed by atoms with Gasteiger partial charge < -0.3 is 10.6 Å². The first kappa shape index (κ1) is 13.3. The monoisotopic (exact) mass is 261 g/mol. The lowest BCUT2D eigenvalue weighted by atomic mass is 10.3. The molecule has 7 nitrogen and oxygen atoms in total. The van der Waals surface area contributed by atoms with E-state index in [0.717, 1.165) is 36.0 Å². The largest absolute Gasteiger partial charge is 0.370 e. The van der Waals surface area contributed by atoms with E-state index in [1.165, 1.54) is 0 Å². The van der Waals surface area contributed by atoms with Crippen LogP contribution in [-0.2, 0) is 13.6 Å². The highest BCUT2D eigenvalue weighted by atomic mass is 15.3. The Balaban J connectivity index is 2.03. The molecule has 7 heteroatoms. The van der Waals surface area contributed by atoms with Gasteiger partial charge in [0.1, 0.15) is 24.3 Å². The van der Waals surface area contributed by atoms with Crippen molar-refractivity contribution in [2.45, 2.75) is 26.8 Å². The molecular formula is C12H19N7. The van der Waals surface area contributed by atoms with E-state index in [1.54, 1.807) is 17.3 Å². The van der Waals surface area contributed by atoms with Crippen molar-refractivity contribution < 1.29 is 0 Å². The molecule has 0 aromatic carbocycles. The van der Waals surface area contributed by atoms with E-state index in [9.17, 15) is 0 Å². The zero-order chi connectivity index (χ0) is 13.7. The average Bonchev–Trinajstić information content (AvgIpc) is 2.82. The second-order valence-electron chi connectivity index (χ2n) is 4.31. The van der Waals surface area contributed by atoms with Crippen LogP contribution < -0.4 is 10.6 Å². The van der Waals surface area contributed by atoms with Gasteiger partial charge >= 0.3 is 0 Å². The molecule has 2 rings (SSSR count). The molecule has 2 aromatic heterocycles. The number of hydrogen-bond donors (Lipinski definition) is 2. The van der Waals surface area contributed by atoms with Gasteiger partial charge in [0.2, 0.25) is 0 Å². The number of nitrogens with zero attached hydrogens (tertiary/aromatic N) is 5. The Morgan fingerprint density at radius 1 is 1.16 bits per heavy atom. The summed E-state index contributed by atoms with van der Waals surface area (Å²) >= 11 is 0. The molecule has 2 N–H and O–H groups in total. The molecule has 2 heterocycles. The second-order valence-corrected chi connectivity index (χ2v) is 4.31. The van der Waals surface area contributed by atoms with Gasteiger partial charge in [0.25, 0.3) is 0 Å². The van der Waals surface area contributed by atoms with Gasteiger partial charge in [-0.2, -0.15) is 5.10 Å². The third-order valence-corrected chi connectivity index (χ3v) is 2.69. The van der Waals surface area contributed by atoms with Crippen molar-refractivity contribution >= 4 is 11.6 Å². The van der Waals surface area contributed by atoms with Crippen molar-refractivity contribution in [2.24, 2.45) is 7.05 Å². The third kappa shape index (κ3) is 3.40. The smallest absolute Gasteiger partial charge is 0.169 e. The zero-order valence-electron chi connectivity index (χ0n) is 11.5. The summed E-state index contributed by atoms with van der Waals surface area (Å²) in [7, 11) is 1.85. The molecule has 0 aliphatic rings. The van der Waals surface area contributed by atoms with Crippen molar-refractivity contribution in [1.82, 2.24) is 24.7 Å². The first-order chi connectivity index (χ1) is 9.20. The highest BCUT2D eigenvalue weighted by molar-refractivity contribution is 5.56. The molecule has 0 amide bonds. The molecule has 0 spiro atoms. The van der Waals surface area contributed by atoms with Crippen molar-refractivity contribution in [3.63, 3.8) is 0 Å². The summed E-state index contributed by atoms with van der Waals surface area (Å²) < 4.78 is 1.68. The quantitative estimate of drug-likeness (QED) is 0.817. The van der Waals surface area contributed by atoms with Crippen LogP contribution >= 0.6 is 0 Å². The number of rotatable bonds is 6. The summed E-state index contributed by atoms with van der Waals surface area (Å²) in [5.41, 5.74) is 1.01. The molecule has 0 radical (unpaired) electrons. The van der Waals surface area contributed by atoms with E-state index in [0.29, 0.717) is 6.54 Å². The van der Waals surface area contributed by atoms with E-state index < -0.39 is 0 Å². The van der Waals surface area contributed by atoms with Crippen LogP contribution in [0.5, 0.6) is 0 Å². The average molecular weight is 261 g/mol. The molecule has 2 aromatic rings. The van der Waals surface area contributed by atoms with Gasteiger partial charge in [-0.15, -0.1) is 0 Å². The molecule has 0 fully saturated rings. The summed E-state index contributed by atoms with van der Waals surface area (Å²) in [6.07, 6.45) is 4.29. The fourth-order valence-electron chi connectivity index (χ4n) is 1.68. The molecule has 102 valence electrons. The van der Waals surface area contributed by atoms with Crippen LogP contribution in [0, 0.1) is 6.92 Å². The van der Waals surface area contributed by atoms with Crippen molar-refractivity contribution in [3.8, 4) is 0 Å². The summed E-state index contributed by atoms with van der Waals surface area (Å²) in [5.74, 6) is 2.41. The number of anilines is 2. The Kier molecular flexibility index (Phi) is 4.27. The van der Waals surface area contributed by atoms with Gasteiger partial charge in [0, 0.05) is 19.2 Å². The van der Waals surface area contributed by atoms with Crippen LogP contribution in [0.25, 0.3) is 0 Å². The predicted octanol–water partition coefficient (Wildman–Crippen LogP) is 1.35. The van der Waals surface area contributed by atoms with Crippen LogP contribution in [0.2, 0.25) is 0 Å². The highest BCUT2D eigenvalue weighted by Gasteiger charge is 2.07. The lowest BCUT2D eigenvalue weighted by molar-refractivity contribution is 0.746. The van der Waals surface area contributed by atoms with Crippen LogP contribution in [0.1, 0.15) is 24.7 Å². The topological polar surface area (TPSA) is 80.5 Å². The Hall–Kier alpha value is -2.18.